The summed E-state index contributed by atoms with van der Waals surface area (Å²) in [6, 6.07) is 2.13. The molecule has 1 atom stereocenters. The lowest BCUT2D eigenvalue weighted by molar-refractivity contribution is 0.0781. The number of ether oxygens (including phenoxy) is 1. The Balaban J connectivity index is 1.71. The number of aryl methyl sites for hydroxylation is 1. The Hall–Kier alpha value is -0.930. The number of nitrogens with one attached hydrogen (secondary N) is 1. The molecule has 16 heavy (non-hydrogen) atoms. The minimum atomic E-state index is 0.686. The molecular formula is C13H20N2O. The Morgan fingerprint density at radius 3 is 3.19 bits per heavy atom. The molecule has 1 saturated heterocycles. The van der Waals surface area contributed by atoms with Crippen molar-refractivity contribution in [2.75, 3.05) is 19.7 Å². The van der Waals surface area contributed by atoms with Crippen molar-refractivity contribution in [1.82, 2.24) is 10.3 Å². The molecule has 0 amide bonds. The van der Waals surface area contributed by atoms with E-state index in [-0.39, 0.29) is 0 Å². The third-order valence-corrected chi connectivity index (χ3v) is 2.95. The molecule has 1 aliphatic rings. The fraction of sp³-hybridized carbons (Fsp3) is 0.615. The van der Waals surface area contributed by atoms with Crippen molar-refractivity contribution < 1.29 is 4.74 Å². The molecule has 1 fully saturated rings. The summed E-state index contributed by atoms with van der Waals surface area (Å²) >= 11 is 0. The van der Waals surface area contributed by atoms with Crippen molar-refractivity contribution in [3.8, 4) is 0 Å². The van der Waals surface area contributed by atoms with Gasteiger partial charge in [-0.05, 0) is 43.4 Å². The predicted molar refractivity (Wildman–Crippen MR) is 64.2 cm³/mol. The highest BCUT2D eigenvalue weighted by Gasteiger charge is 2.12. The standard InChI is InChI=1S/C13H20N2O/c1-11-5-13(8-15-6-11)10-16-9-12-3-2-4-14-7-12/h5-6,8,12,14H,2-4,7,9-10H2,1H3. The molecule has 0 spiro atoms. The highest BCUT2D eigenvalue weighted by molar-refractivity contribution is 5.15. The first kappa shape index (κ1) is 11.6. The van der Waals surface area contributed by atoms with Gasteiger partial charge < -0.3 is 10.1 Å². The van der Waals surface area contributed by atoms with Crippen LogP contribution < -0.4 is 5.32 Å². The number of hydrogen-bond acceptors (Lipinski definition) is 3. The second-order valence-corrected chi connectivity index (χ2v) is 4.60. The maximum Gasteiger partial charge on any atom is 0.0732 e. The lowest BCUT2D eigenvalue weighted by Crippen LogP contribution is -2.32. The quantitative estimate of drug-likeness (QED) is 0.841. The van der Waals surface area contributed by atoms with Crippen LogP contribution in [0.4, 0.5) is 0 Å². The van der Waals surface area contributed by atoms with Gasteiger partial charge in [0.2, 0.25) is 0 Å². The third-order valence-electron chi connectivity index (χ3n) is 2.95. The molecule has 1 aliphatic heterocycles. The molecule has 3 heteroatoms. The molecule has 1 aromatic rings. The van der Waals surface area contributed by atoms with Crippen molar-refractivity contribution in [2.24, 2.45) is 5.92 Å². The first-order chi connectivity index (χ1) is 7.84. The van der Waals surface area contributed by atoms with E-state index in [0.717, 1.165) is 19.7 Å². The van der Waals surface area contributed by atoms with Gasteiger partial charge in [0, 0.05) is 18.9 Å². The lowest BCUT2D eigenvalue weighted by Gasteiger charge is -2.22. The van der Waals surface area contributed by atoms with E-state index in [1.165, 1.54) is 24.0 Å². The number of hydrogen-bond donors (Lipinski definition) is 1. The van der Waals surface area contributed by atoms with Crippen LogP contribution in [0, 0.1) is 12.8 Å². The van der Waals surface area contributed by atoms with E-state index in [9.17, 15) is 0 Å². The van der Waals surface area contributed by atoms with Gasteiger partial charge in [0.15, 0.2) is 0 Å². The summed E-state index contributed by atoms with van der Waals surface area (Å²) in [6.07, 6.45) is 6.32. The monoisotopic (exact) mass is 220 g/mol. The second-order valence-electron chi connectivity index (χ2n) is 4.60. The zero-order chi connectivity index (χ0) is 11.2. The van der Waals surface area contributed by atoms with Crippen LogP contribution in [0.2, 0.25) is 0 Å². The minimum Gasteiger partial charge on any atom is -0.376 e. The van der Waals surface area contributed by atoms with Crippen LogP contribution in [-0.2, 0) is 11.3 Å². The zero-order valence-corrected chi connectivity index (χ0v) is 9.91. The molecule has 0 aliphatic carbocycles. The van der Waals surface area contributed by atoms with E-state index in [1.54, 1.807) is 0 Å². The van der Waals surface area contributed by atoms with Crippen LogP contribution in [0.3, 0.4) is 0 Å². The van der Waals surface area contributed by atoms with E-state index in [2.05, 4.69) is 23.3 Å². The summed E-state index contributed by atoms with van der Waals surface area (Å²) in [6.45, 7) is 5.87. The highest BCUT2D eigenvalue weighted by atomic mass is 16.5. The van der Waals surface area contributed by atoms with Gasteiger partial charge in [0.05, 0.1) is 13.2 Å². The first-order valence-corrected chi connectivity index (χ1v) is 6.03. The minimum absolute atomic E-state index is 0.686. The summed E-state index contributed by atoms with van der Waals surface area (Å²) in [4.78, 5) is 4.16. The van der Waals surface area contributed by atoms with Crippen LogP contribution in [0.15, 0.2) is 18.5 Å². The van der Waals surface area contributed by atoms with Gasteiger partial charge >= 0.3 is 0 Å². The molecule has 0 radical (unpaired) electrons. The Kier molecular flexibility index (Phi) is 4.31. The summed E-state index contributed by atoms with van der Waals surface area (Å²) in [5.41, 5.74) is 2.37. The van der Waals surface area contributed by atoms with E-state index in [0.29, 0.717) is 12.5 Å². The van der Waals surface area contributed by atoms with Crippen LogP contribution in [0.5, 0.6) is 0 Å². The average molecular weight is 220 g/mol. The molecule has 1 aromatic heterocycles. The van der Waals surface area contributed by atoms with Crippen LogP contribution in [0.25, 0.3) is 0 Å². The molecule has 0 saturated carbocycles. The topological polar surface area (TPSA) is 34.1 Å². The maximum absolute atomic E-state index is 5.73. The summed E-state index contributed by atoms with van der Waals surface area (Å²) < 4.78 is 5.73. The Morgan fingerprint density at radius 2 is 2.44 bits per heavy atom. The maximum atomic E-state index is 5.73. The van der Waals surface area contributed by atoms with Gasteiger partial charge in [-0.3, -0.25) is 4.98 Å². The second kappa shape index (κ2) is 5.97. The van der Waals surface area contributed by atoms with Crippen LogP contribution >= 0.6 is 0 Å². The summed E-state index contributed by atoms with van der Waals surface area (Å²) in [7, 11) is 0. The molecule has 1 N–H and O–H groups in total. The van der Waals surface area contributed by atoms with E-state index in [4.69, 9.17) is 4.74 Å². The highest BCUT2D eigenvalue weighted by Crippen LogP contribution is 2.11. The lowest BCUT2D eigenvalue weighted by atomic mass is 10.0. The predicted octanol–water partition coefficient (Wildman–Crippen LogP) is 1.91. The molecule has 1 unspecified atom stereocenters. The first-order valence-electron chi connectivity index (χ1n) is 6.03. The zero-order valence-electron chi connectivity index (χ0n) is 9.91. The van der Waals surface area contributed by atoms with E-state index >= 15 is 0 Å². The van der Waals surface area contributed by atoms with Crippen LogP contribution in [0.1, 0.15) is 24.0 Å². The van der Waals surface area contributed by atoms with Gasteiger partial charge in [0.1, 0.15) is 0 Å². The Bertz CT molecular complexity index is 321. The smallest absolute Gasteiger partial charge is 0.0732 e. The van der Waals surface area contributed by atoms with Crippen LogP contribution in [-0.4, -0.2) is 24.7 Å². The Morgan fingerprint density at radius 1 is 1.50 bits per heavy atom. The van der Waals surface area contributed by atoms with Crippen molar-refractivity contribution in [1.29, 1.82) is 0 Å². The van der Waals surface area contributed by atoms with Crippen molar-refractivity contribution in [3.63, 3.8) is 0 Å². The molecule has 2 rings (SSSR count). The number of rotatable bonds is 4. The van der Waals surface area contributed by atoms with Crippen molar-refractivity contribution in [2.45, 2.75) is 26.4 Å². The van der Waals surface area contributed by atoms with Gasteiger partial charge in [-0.2, -0.15) is 0 Å². The fourth-order valence-electron chi connectivity index (χ4n) is 2.11. The van der Waals surface area contributed by atoms with E-state index < -0.39 is 0 Å². The molecule has 88 valence electrons. The SMILES string of the molecule is Cc1cncc(COCC2CCCNC2)c1. The number of nitrogens with zero attached hydrogens (tertiary/aromatic N) is 1. The molecule has 0 bridgehead atoms. The average Bonchev–Trinajstić information content (AvgIpc) is 2.30. The molecule has 0 aromatic carbocycles. The fourth-order valence-corrected chi connectivity index (χ4v) is 2.11. The molecule has 2 heterocycles. The number of pyridine rings is 1. The van der Waals surface area contributed by atoms with Crippen molar-refractivity contribution >= 4 is 0 Å². The van der Waals surface area contributed by atoms with Gasteiger partial charge in [-0.15, -0.1) is 0 Å². The molecule has 3 nitrogen and oxygen atoms in total. The number of aromatic nitrogens is 1. The number of piperidine rings is 1. The third kappa shape index (κ3) is 3.58. The van der Waals surface area contributed by atoms with Gasteiger partial charge in [0.25, 0.3) is 0 Å². The summed E-state index contributed by atoms with van der Waals surface area (Å²) in [5.74, 6) is 0.687. The van der Waals surface area contributed by atoms with Gasteiger partial charge in [-0.25, -0.2) is 0 Å². The van der Waals surface area contributed by atoms with E-state index in [1.807, 2.05) is 12.4 Å². The summed E-state index contributed by atoms with van der Waals surface area (Å²) in [5, 5.41) is 3.40. The van der Waals surface area contributed by atoms with Gasteiger partial charge in [-0.1, -0.05) is 6.07 Å². The largest absolute Gasteiger partial charge is 0.376 e. The molecular weight excluding hydrogens is 200 g/mol. The van der Waals surface area contributed by atoms with Crippen molar-refractivity contribution in [3.05, 3.63) is 29.6 Å². The Labute approximate surface area is 97.2 Å². The normalized spacial score (nSPS) is 20.9.